The lowest BCUT2D eigenvalue weighted by molar-refractivity contribution is -0.384. The van der Waals surface area contributed by atoms with E-state index < -0.39 is 0 Å². The Kier molecular flexibility index (Phi) is 4.57. The van der Waals surface area contributed by atoms with E-state index in [0.717, 1.165) is 32.4 Å². The highest BCUT2D eigenvalue weighted by Crippen LogP contribution is 2.29. The van der Waals surface area contributed by atoms with Crippen LogP contribution in [0.1, 0.15) is 19.3 Å². The number of hydrogen-bond acceptors (Lipinski definition) is 5. The molecule has 6 nitrogen and oxygen atoms in total. The quantitative estimate of drug-likeness (QED) is 0.644. The number of nitrogens with one attached hydrogen (secondary N) is 2. The van der Waals surface area contributed by atoms with Gasteiger partial charge in [0.05, 0.1) is 18.1 Å². The molecule has 1 aliphatic heterocycles. The summed E-state index contributed by atoms with van der Waals surface area (Å²) in [5.74, 6) is 0.497. The van der Waals surface area contributed by atoms with Crippen molar-refractivity contribution in [1.82, 2.24) is 5.32 Å². The summed E-state index contributed by atoms with van der Waals surface area (Å²) >= 11 is 0. The van der Waals surface area contributed by atoms with E-state index in [1.54, 1.807) is 12.1 Å². The molecule has 1 unspecified atom stereocenters. The zero-order valence-electron chi connectivity index (χ0n) is 11.0. The number of anilines is 1. The maximum atomic E-state index is 11.1. The van der Waals surface area contributed by atoms with Crippen LogP contribution in [-0.2, 0) is 0 Å². The first kappa shape index (κ1) is 13.6. The third-order valence-corrected chi connectivity index (χ3v) is 3.31. The van der Waals surface area contributed by atoms with E-state index >= 15 is 0 Å². The lowest BCUT2D eigenvalue weighted by Crippen LogP contribution is -2.31. The summed E-state index contributed by atoms with van der Waals surface area (Å²) < 4.78 is 5.03. The second kappa shape index (κ2) is 6.38. The van der Waals surface area contributed by atoms with Gasteiger partial charge in [0.15, 0.2) is 0 Å². The number of hydrogen-bond donors (Lipinski definition) is 2. The molecule has 1 heterocycles. The Hall–Kier alpha value is -1.82. The zero-order chi connectivity index (χ0) is 13.7. The summed E-state index contributed by atoms with van der Waals surface area (Å²) in [6.07, 6.45) is 3.31. The smallest absolute Gasteiger partial charge is 0.296 e. The van der Waals surface area contributed by atoms with Crippen molar-refractivity contribution in [3.05, 3.63) is 28.3 Å². The molecule has 0 radical (unpaired) electrons. The van der Waals surface area contributed by atoms with E-state index in [9.17, 15) is 10.1 Å². The molecule has 1 aliphatic rings. The van der Waals surface area contributed by atoms with E-state index in [1.165, 1.54) is 13.2 Å². The predicted molar refractivity (Wildman–Crippen MR) is 73.8 cm³/mol. The molecule has 104 valence electrons. The van der Waals surface area contributed by atoms with Gasteiger partial charge in [-0.1, -0.05) is 6.42 Å². The Labute approximate surface area is 112 Å². The molecular formula is C13H19N3O3. The first-order valence-corrected chi connectivity index (χ1v) is 6.50. The van der Waals surface area contributed by atoms with Crippen LogP contribution in [0.4, 0.5) is 11.4 Å². The second-order valence-corrected chi connectivity index (χ2v) is 4.68. The molecule has 2 N–H and O–H groups in total. The molecule has 19 heavy (non-hydrogen) atoms. The molecule has 1 atom stereocenters. The van der Waals surface area contributed by atoms with Crippen molar-refractivity contribution in [3.8, 4) is 5.75 Å². The monoisotopic (exact) mass is 265 g/mol. The van der Waals surface area contributed by atoms with E-state index in [2.05, 4.69) is 10.6 Å². The van der Waals surface area contributed by atoms with Crippen LogP contribution in [0.5, 0.6) is 5.75 Å². The van der Waals surface area contributed by atoms with Crippen molar-refractivity contribution < 1.29 is 9.66 Å². The molecule has 6 heteroatoms. The minimum absolute atomic E-state index is 0.0589. The number of methoxy groups -OCH3 is 1. The van der Waals surface area contributed by atoms with Crippen LogP contribution in [0, 0.1) is 10.1 Å². The summed E-state index contributed by atoms with van der Waals surface area (Å²) in [7, 11) is 1.50. The molecule has 0 aliphatic carbocycles. The van der Waals surface area contributed by atoms with Gasteiger partial charge in [0, 0.05) is 12.6 Å². The van der Waals surface area contributed by atoms with Crippen LogP contribution in [-0.4, -0.2) is 31.2 Å². The Bertz CT molecular complexity index is 443. The molecule has 0 spiro atoms. The fourth-order valence-electron chi connectivity index (χ4n) is 2.27. The highest BCUT2D eigenvalue weighted by molar-refractivity contribution is 5.64. The molecule has 0 amide bonds. The number of nitro benzene ring substituents is 1. The van der Waals surface area contributed by atoms with Crippen molar-refractivity contribution in [2.45, 2.75) is 25.3 Å². The van der Waals surface area contributed by atoms with Crippen LogP contribution in [0.3, 0.4) is 0 Å². The largest absolute Gasteiger partial charge is 0.496 e. The van der Waals surface area contributed by atoms with Gasteiger partial charge in [0.1, 0.15) is 11.4 Å². The minimum atomic E-state index is -0.380. The van der Waals surface area contributed by atoms with Crippen LogP contribution < -0.4 is 15.4 Å². The molecule has 2 rings (SSSR count). The van der Waals surface area contributed by atoms with Gasteiger partial charge in [-0.2, -0.15) is 0 Å². The Morgan fingerprint density at radius 2 is 2.32 bits per heavy atom. The molecule has 1 aromatic carbocycles. The SMILES string of the molecule is COc1ccc(NC2CCCCNC2)c([N+](=O)[O-])c1. The van der Waals surface area contributed by atoms with Gasteiger partial charge in [0.25, 0.3) is 5.69 Å². The first-order chi connectivity index (χ1) is 9.20. The lowest BCUT2D eigenvalue weighted by atomic mass is 10.1. The Morgan fingerprint density at radius 3 is 3.05 bits per heavy atom. The highest BCUT2D eigenvalue weighted by Gasteiger charge is 2.19. The molecule has 0 aromatic heterocycles. The summed E-state index contributed by atoms with van der Waals surface area (Å²) in [6, 6.07) is 5.13. The van der Waals surface area contributed by atoms with Gasteiger partial charge >= 0.3 is 0 Å². The summed E-state index contributed by atoms with van der Waals surface area (Å²) in [5.41, 5.74) is 0.614. The van der Waals surface area contributed by atoms with Crippen molar-refractivity contribution in [2.75, 3.05) is 25.5 Å². The minimum Gasteiger partial charge on any atom is -0.496 e. The lowest BCUT2D eigenvalue weighted by Gasteiger charge is -2.18. The average Bonchev–Trinajstić information content (AvgIpc) is 2.67. The fraction of sp³-hybridized carbons (Fsp3) is 0.538. The van der Waals surface area contributed by atoms with Gasteiger partial charge < -0.3 is 15.4 Å². The maximum absolute atomic E-state index is 11.1. The van der Waals surface area contributed by atoms with Crippen molar-refractivity contribution in [2.24, 2.45) is 0 Å². The van der Waals surface area contributed by atoms with Gasteiger partial charge in [0.2, 0.25) is 0 Å². The first-order valence-electron chi connectivity index (χ1n) is 6.50. The van der Waals surface area contributed by atoms with E-state index in [0.29, 0.717) is 11.4 Å². The number of nitrogens with zero attached hydrogens (tertiary/aromatic N) is 1. The zero-order valence-corrected chi connectivity index (χ0v) is 11.0. The third kappa shape index (κ3) is 3.57. The molecule has 1 fully saturated rings. The normalized spacial score (nSPS) is 19.5. The third-order valence-electron chi connectivity index (χ3n) is 3.31. The number of ether oxygens (including phenoxy) is 1. The number of benzene rings is 1. The summed E-state index contributed by atoms with van der Waals surface area (Å²) in [6.45, 7) is 1.85. The standard InChI is InChI=1S/C13H19N3O3/c1-19-11-5-6-12(13(8-11)16(17)18)15-10-4-2-3-7-14-9-10/h5-6,8,10,14-15H,2-4,7,9H2,1H3. The van der Waals surface area contributed by atoms with Crippen LogP contribution >= 0.6 is 0 Å². The predicted octanol–water partition coefficient (Wildman–Crippen LogP) is 2.16. The molecule has 0 saturated carbocycles. The highest BCUT2D eigenvalue weighted by atomic mass is 16.6. The van der Waals surface area contributed by atoms with Crippen LogP contribution in [0.25, 0.3) is 0 Å². The number of nitro groups is 1. The van der Waals surface area contributed by atoms with Crippen LogP contribution in [0.2, 0.25) is 0 Å². The van der Waals surface area contributed by atoms with Gasteiger partial charge in [-0.15, -0.1) is 0 Å². The fourth-order valence-corrected chi connectivity index (χ4v) is 2.27. The van der Waals surface area contributed by atoms with Crippen molar-refractivity contribution >= 4 is 11.4 Å². The molecule has 1 saturated heterocycles. The van der Waals surface area contributed by atoms with Crippen molar-refractivity contribution in [1.29, 1.82) is 0 Å². The molecular weight excluding hydrogens is 246 g/mol. The van der Waals surface area contributed by atoms with E-state index in [-0.39, 0.29) is 16.7 Å². The average molecular weight is 265 g/mol. The van der Waals surface area contributed by atoms with Gasteiger partial charge in [-0.05, 0) is 31.5 Å². The Balaban J connectivity index is 2.16. The van der Waals surface area contributed by atoms with Gasteiger partial charge in [-0.3, -0.25) is 10.1 Å². The Morgan fingerprint density at radius 1 is 1.47 bits per heavy atom. The van der Waals surface area contributed by atoms with Crippen LogP contribution in [0.15, 0.2) is 18.2 Å². The number of rotatable bonds is 4. The summed E-state index contributed by atoms with van der Waals surface area (Å²) in [4.78, 5) is 10.7. The second-order valence-electron chi connectivity index (χ2n) is 4.68. The van der Waals surface area contributed by atoms with Crippen molar-refractivity contribution in [3.63, 3.8) is 0 Å². The van der Waals surface area contributed by atoms with E-state index in [1.807, 2.05) is 0 Å². The molecule has 0 bridgehead atoms. The topological polar surface area (TPSA) is 76.4 Å². The molecule has 1 aromatic rings. The van der Waals surface area contributed by atoms with Gasteiger partial charge in [-0.25, -0.2) is 0 Å². The summed E-state index contributed by atoms with van der Waals surface area (Å²) in [5, 5.41) is 17.7. The maximum Gasteiger partial charge on any atom is 0.296 e. The van der Waals surface area contributed by atoms with E-state index in [4.69, 9.17) is 4.74 Å².